The van der Waals surface area contributed by atoms with Crippen molar-refractivity contribution in [3.63, 3.8) is 0 Å². The van der Waals surface area contributed by atoms with Crippen molar-refractivity contribution in [2.24, 2.45) is 17.8 Å². The van der Waals surface area contributed by atoms with Crippen LogP contribution in [0.3, 0.4) is 0 Å². The molecule has 0 spiro atoms. The monoisotopic (exact) mass is 811 g/mol. The predicted molar refractivity (Wildman–Crippen MR) is 257 cm³/mol. The van der Waals surface area contributed by atoms with Crippen molar-refractivity contribution >= 4 is 32.7 Å². The third-order valence-corrected chi connectivity index (χ3v) is 14.7. The third kappa shape index (κ3) is 6.30. The van der Waals surface area contributed by atoms with Crippen molar-refractivity contribution in [2.75, 3.05) is 0 Å². The van der Waals surface area contributed by atoms with E-state index in [2.05, 4.69) is 170 Å². The van der Waals surface area contributed by atoms with Crippen molar-refractivity contribution in [1.82, 2.24) is 15.0 Å². The number of hydrogen-bond acceptors (Lipinski definition) is 4. The van der Waals surface area contributed by atoms with Crippen molar-refractivity contribution in [1.29, 1.82) is 0 Å². The van der Waals surface area contributed by atoms with Gasteiger partial charge >= 0.3 is 0 Å². The van der Waals surface area contributed by atoms with Crippen LogP contribution in [0.2, 0.25) is 0 Å². The summed E-state index contributed by atoms with van der Waals surface area (Å²) >= 11 is 0. The van der Waals surface area contributed by atoms with Crippen LogP contribution in [0, 0.1) is 17.8 Å². The molecular weight excluding hydrogens is 767 g/mol. The summed E-state index contributed by atoms with van der Waals surface area (Å²) in [6.07, 6.45) is 8.42. The van der Waals surface area contributed by atoms with Gasteiger partial charge in [0.2, 0.25) is 0 Å². The molecule has 14 rings (SSSR count). The molecule has 2 heterocycles. The highest BCUT2D eigenvalue weighted by atomic mass is 16.3. The maximum absolute atomic E-state index is 6.93. The zero-order chi connectivity index (χ0) is 41.5. The highest BCUT2D eigenvalue weighted by Gasteiger charge is 2.51. The van der Waals surface area contributed by atoms with Crippen molar-refractivity contribution in [3.05, 3.63) is 188 Å². The van der Waals surface area contributed by atoms with Crippen LogP contribution in [0.25, 0.3) is 100 Å². The lowest BCUT2D eigenvalue weighted by Gasteiger charge is -2.57. The highest BCUT2D eigenvalue weighted by Crippen LogP contribution is 2.61. The lowest BCUT2D eigenvalue weighted by Crippen LogP contribution is -2.48. The van der Waals surface area contributed by atoms with Crippen LogP contribution < -0.4 is 0 Å². The topological polar surface area (TPSA) is 51.8 Å². The molecule has 0 unspecified atom stereocenters. The summed E-state index contributed by atoms with van der Waals surface area (Å²) < 4.78 is 6.93. The standard InChI is InChI=1S/C59H45N3O/c1-3-10-40(11-4-1)42-18-20-45(21-19-42)56-60-57(47-16-9-15-46(31-47)41-12-5-2-6-13-41)62-58(61-56)52-33-48(32-51-54-50-17-8-7-14-44(50)24-27-53(54)63-55(51)52)43-22-25-49(26-23-43)59-34-37-28-38(35-59)30-39(29-37)36-59/h1-27,31-33,37-39H,28-30,34-36H2. The van der Waals surface area contributed by atoms with Gasteiger partial charge in [0.25, 0.3) is 0 Å². The van der Waals surface area contributed by atoms with E-state index in [1.54, 1.807) is 0 Å². The number of aromatic nitrogens is 3. The molecule has 10 aromatic rings. The van der Waals surface area contributed by atoms with E-state index in [1.807, 2.05) is 12.1 Å². The van der Waals surface area contributed by atoms with Gasteiger partial charge in [0.05, 0.1) is 5.56 Å². The number of fused-ring (bicyclic) bond motifs is 5. The van der Waals surface area contributed by atoms with Crippen molar-refractivity contribution < 1.29 is 4.42 Å². The molecule has 0 amide bonds. The number of nitrogens with zero attached hydrogens (tertiary/aromatic N) is 3. The van der Waals surface area contributed by atoms with Crippen molar-refractivity contribution in [2.45, 2.75) is 43.9 Å². The second-order valence-corrected chi connectivity index (χ2v) is 18.6. The number of hydrogen-bond donors (Lipinski definition) is 0. The second kappa shape index (κ2) is 14.5. The SMILES string of the molecule is c1ccc(-c2ccc(-c3nc(-c4cccc(-c5ccccc5)c4)nc(-c4cc(-c5ccc(C67CC8CC(CC(C8)C6)C7)cc5)cc5c4oc4ccc6ccccc6c45)n3)cc2)cc1. The first kappa shape index (κ1) is 36.5. The van der Waals surface area contributed by atoms with Gasteiger partial charge in [-0.1, -0.05) is 158 Å². The number of furan rings is 1. The van der Waals surface area contributed by atoms with E-state index >= 15 is 0 Å². The Morgan fingerprint density at radius 3 is 1.65 bits per heavy atom. The predicted octanol–water partition coefficient (Wildman–Crippen LogP) is 15.4. The molecule has 4 aliphatic carbocycles. The van der Waals surface area contributed by atoms with Crippen LogP contribution >= 0.6 is 0 Å². The maximum atomic E-state index is 6.93. The molecule has 4 saturated carbocycles. The fourth-order valence-corrected chi connectivity index (χ4v) is 12.1. The quantitative estimate of drug-likeness (QED) is 0.161. The lowest BCUT2D eigenvalue weighted by atomic mass is 9.48. The molecule has 4 nitrogen and oxygen atoms in total. The highest BCUT2D eigenvalue weighted by molar-refractivity contribution is 6.21. The first-order valence-electron chi connectivity index (χ1n) is 22.7. The Morgan fingerprint density at radius 2 is 0.937 bits per heavy atom. The largest absolute Gasteiger partial charge is 0.455 e. The fourth-order valence-electron chi connectivity index (χ4n) is 12.1. The van der Waals surface area contributed by atoms with E-state index in [4.69, 9.17) is 19.4 Å². The van der Waals surface area contributed by atoms with E-state index in [-0.39, 0.29) is 0 Å². The number of benzene rings is 8. The number of rotatable bonds is 7. The fraction of sp³-hybridized carbons (Fsp3) is 0.169. The summed E-state index contributed by atoms with van der Waals surface area (Å²) in [5.41, 5.74) is 13.0. The van der Waals surface area contributed by atoms with Crippen LogP contribution in [-0.2, 0) is 5.41 Å². The Labute approximate surface area is 367 Å². The minimum atomic E-state index is 0.344. The normalized spacial score (nSPS) is 20.2. The summed E-state index contributed by atoms with van der Waals surface area (Å²) in [7, 11) is 0. The van der Waals surface area contributed by atoms with Gasteiger partial charge in [-0.3, -0.25) is 0 Å². The Bertz CT molecular complexity index is 3320. The van der Waals surface area contributed by atoms with Crippen LogP contribution in [0.5, 0.6) is 0 Å². The van der Waals surface area contributed by atoms with Crippen molar-refractivity contribution in [3.8, 4) is 67.5 Å². The molecule has 4 aliphatic rings. The molecular formula is C59H45N3O. The van der Waals surface area contributed by atoms with Crippen LogP contribution in [0.15, 0.2) is 186 Å². The average molecular weight is 812 g/mol. The molecule has 2 aromatic heterocycles. The van der Waals surface area contributed by atoms with E-state index in [0.717, 1.165) is 78.6 Å². The van der Waals surface area contributed by atoms with Crippen LogP contribution in [-0.4, -0.2) is 15.0 Å². The molecule has 0 saturated heterocycles. The first-order valence-corrected chi connectivity index (χ1v) is 22.7. The second-order valence-electron chi connectivity index (χ2n) is 18.6. The molecule has 4 fully saturated rings. The molecule has 8 aromatic carbocycles. The molecule has 0 aliphatic heterocycles. The lowest BCUT2D eigenvalue weighted by molar-refractivity contribution is -0.00518. The van der Waals surface area contributed by atoms with Crippen LogP contribution in [0.1, 0.15) is 44.1 Å². The Hall–Kier alpha value is -7.17. The molecule has 302 valence electrons. The Balaban J connectivity index is 1.01. The van der Waals surface area contributed by atoms with Gasteiger partial charge in [-0.25, -0.2) is 15.0 Å². The average Bonchev–Trinajstić information content (AvgIpc) is 3.73. The van der Waals surface area contributed by atoms with Gasteiger partial charge in [-0.2, -0.15) is 0 Å². The third-order valence-electron chi connectivity index (χ3n) is 14.7. The minimum Gasteiger partial charge on any atom is -0.455 e. The van der Waals surface area contributed by atoms with Gasteiger partial charge in [-0.05, 0) is 136 Å². The zero-order valence-corrected chi connectivity index (χ0v) is 35.0. The zero-order valence-electron chi connectivity index (χ0n) is 35.0. The maximum Gasteiger partial charge on any atom is 0.167 e. The van der Waals surface area contributed by atoms with Crippen LogP contribution in [0.4, 0.5) is 0 Å². The van der Waals surface area contributed by atoms with Gasteiger partial charge in [0, 0.05) is 21.9 Å². The molecule has 0 radical (unpaired) electrons. The molecule has 4 heteroatoms. The Kier molecular flexibility index (Phi) is 8.37. The summed E-state index contributed by atoms with van der Waals surface area (Å²) in [5, 5.41) is 4.52. The summed E-state index contributed by atoms with van der Waals surface area (Å²) in [4.78, 5) is 15.9. The molecule has 0 atom stereocenters. The van der Waals surface area contributed by atoms with E-state index < -0.39 is 0 Å². The summed E-state index contributed by atoms with van der Waals surface area (Å²) in [6.45, 7) is 0. The Morgan fingerprint density at radius 1 is 0.397 bits per heavy atom. The molecule has 63 heavy (non-hydrogen) atoms. The van der Waals surface area contributed by atoms with Gasteiger partial charge in [0.15, 0.2) is 17.5 Å². The van der Waals surface area contributed by atoms with E-state index in [1.165, 1.54) is 66.0 Å². The first-order chi connectivity index (χ1) is 31.1. The van der Waals surface area contributed by atoms with Gasteiger partial charge in [-0.15, -0.1) is 0 Å². The van der Waals surface area contributed by atoms with Gasteiger partial charge in [0.1, 0.15) is 11.2 Å². The van der Waals surface area contributed by atoms with Gasteiger partial charge < -0.3 is 4.42 Å². The minimum absolute atomic E-state index is 0.344. The van der Waals surface area contributed by atoms with E-state index in [9.17, 15) is 0 Å². The van der Waals surface area contributed by atoms with E-state index in [0.29, 0.717) is 22.9 Å². The molecule has 0 N–H and O–H groups in total. The smallest absolute Gasteiger partial charge is 0.167 e. The summed E-state index contributed by atoms with van der Waals surface area (Å²) in [6, 6.07) is 65.1. The summed E-state index contributed by atoms with van der Waals surface area (Å²) in [5.74, 6) is 4.51. The molecule has 4 bridgehead atoms.